The van der Waals surface area contributed by atoms with Gasteiger partial charge in [-0.25, -0.2) is 8.42 Å². The predicted octanol–water partition coefficient (Wildman–Crippen LogP) is 3.45. The first-order valence-electron chi connectivity index (χ1n) is 8.35. The van der Waals surface area contributed by atoms with Crippen molar-refractivity contribution in [1.82, 2.24) is 9.62 Å². The Morgan fingerprint density at radius 1 is 1.04 bits per heavy atom. The van der Waals surface area contributed by atoms with Gasteiger partial charge in [-0.3, -0.25) is 0 Å². The van der Waals surface area contributed by atoms with Crippen molar-refractivity contribution in [2.24, 2.45) is 5.18 Å². The summed E-state index contributed by atoms with van der Waals surface area (Å²) < 4.78 is 27.8. The molecule has 8 heteroatoms. The van der Waals surface area contributed by atoms with Gasteiger partial charge < -0.3 is 5.32 Å². The largest absolute Gasteiger partial charge is 0.314 e. The molecule has 2 aromatic carbocycles. The predicted molar refractivity (Wildman–Crippen MR) is 104 cm³/mol. The van der Waals surface area contributed by atoms with Crippen molar-refractivity contribution in [2.45, 2.75) is 28.5 Å². The summed E-state index contributed by atoms with van der Waals surface area (Å²) in [7, 11) is -3.69. The number of rotatable bonds is 5. The second-order valence-electron chi connectivity index (χ2n) is 6.25. The van der Waals surface area contributed by atoms with Crippen LogP contribution in [0.15, 0.2) is 56.3 Å². The topological polar surface area (TPSA) is 78.8 Å². The summed E-state index contributed by atoms with van der Waals surface area (Å²) in [5.41, 5.74) is 2.29. The Bertz CT molecular complexity index is 923. The number of aryl methyl sites for hydroxylation is 2. The molecule has 1 heterocycles. The summed E-state index contributed by atoms with van der Waals surface area (Å²) in [6.45, 7) is 6.05. The molecule has 6 nitrogen and oxygen atoms in total. The fourth-order valence-corrected chi connectivity index (χ4v) is 5.78. The summed E-state index contributed by atoms with van der Waals surface area (Å²) in [6.07, 6.45) is 0. The van der Waals surface area contributed by atoms with Crippen molar-refractivity contribution in [3.8, 4) is 0 Å². The molecule has 0 aromatic heterocycles. The van der Waals surface area contributed by atoms with Gasteiger partial charge in [0.15, 0.2) is 0 Å². The van der Waals surface area contributed by atoms with Crippen LogP contribution in [0, 0.1) is 18.8 Å². The summed E-state index contributed by atoms with van der Waals surface area (Å²) in [5, 5.41) is 6.06. The van der Waals surface area contributed by atoms with E-state index >= 15 is 0 Å². The number of piperazine rings is 1. The number of sulfonamides is 1. The highest BCUT2D eigenvalue weighted by Gasteiger charge is 2.29. The Morgan fingerprint density at radius 3 is 2.46 bits per heavy atom. The van der Waals surface area contributed by atoms with E-state index in [1.807, 2.05) is 32.0 Å². The molecule has 1 fully saturated rings. The van der Waals surface area contributed by atoms with E-state index in [0.717, 1.165) is 16.0 Å². The smallest absolute Gasteiger partial charge is 0.244 e. The second-order valence-corrected chi connectivity index (χ2v) is 9.24. The molecule has 0 unspecified atom stereocenters. The maximum absolute atomic E-state index is 13.2. The Balaban J connectivity index is 2.05. The van der Waals surface area contributed by atoms with Crippen LogP contribution in [-0.2, 0) is 10.0 Å². The van der Waals surface area contributed by atoms with E-state index in [2.05, 4.69) is 10.5 Å². The van der Waals surface area contributed by atoms with Gasteiger partial charge in [-0.2, -0.15) is 4.31 Å². The van der Waals surface area contributed by atoms with Gasteiger partial charge in [0, 0.05) is 36.0 Å². The zero-order valence-electron chi connectivity index (χ0n) is 14.7. The average molecular weight is 392 g/mol. The maximum atomic E-state index is 13.2. The minimum atomic E-state index is -3.69. The molecule has 138 valence electrons. The van der Waals surface area contributed by atoms with Crippen LogP contribution in [-0.4, -0.2) is 38.9 Å². The Kier molecular flexibility index (Phi) is 5.76. The molecule has 1 N–H and O–H groups in total. The zero-order valence-corrected chi connectivity index (χ0v) is 16.4. The van der Waals surface area contributed by atoms with Gasteiger partial charge in [0.25, 0.3) is 0 Å². The summed E-state index contributed by atoms with van der Waals surface area (Å²) in [4.78, 5) is 12.7. The lowest BCUT2D eigenvalue weighted by molar-refractivity contribution is 0.359. The Hall–Kier alpha value is -1.74. The Morgan fingerprint density at radius 2 is 1.77 bits per heavy atom. The molecule has 1 aliphatic rings. The molecule has 0 aliphatic carbocycles. The molecule has 1 aliphatic heterocycles. The minimum Gasteiger partial charge on any atom is -0.314 e. The highest BCUT2D eigenvalue weighted by atomic mass is 32.2. The van der Waals surface area contributed by atoms with Crippen LogP contribution in [0.1, 0.15) is 11.1 Å². The average Bonchev–Trinajstić information content (AvgIpc) is 2.65. The van der Waals surface area contributed by atoms with Gasteiger partial charge in [0.1, 0.15) is 5.69 Å². The SMILES string of the molecule is Cc1ccc(C)c(Sc2ccc(N=O)cc2S(=O)(=O)N2CCNCC2)c1. The molecule has 0 spiro atoms. The minimum absolute atomic E-state index is 0.115. The number of nitrogens with zero attached hydrogens (tertiary/aromatic N) is 2. The molecule has 26 heavy (non-hydrogen) atoms. The third kappa shape index (κ3) is 3.98. The van der Waals surface area contributed by atoms with E-state index in [4.69, 9.17) is 0 Å². The summed E-state index contributed by atoms with van der Waals surface area (Å²) in [5.74, 6) is 0. The first-order valence-corrected chi connectivity index (χ1v) is 10.6. The molecule has 0 amide bonds. The monoisotopic (exact) mass is 391 g/mol. The molecular weight excluding hydrogens is 370 g/mol. The van der Waals surface area contributed by atoms with Gasteiger partial charge in [-0.05, 0) is 54.4 Å². The van der Waals surface area contributed by atoms with Gasteiger partial charge >= 0.3 is 0 Å². The first-order chi connectivity index (χ1) is 12.4. The molecule has 3 rings (SSSR count). The van der Waals surface area contributed by atoms with Gasteiger partial charge in [0.05, 0.1) is 4.90 Å². The number of benzene rings is 2. The Labute approximate surface area is 158 Å². The summed E-state index contributed by atoms with van der Waals surface area (Å²) in [6, 6.07) is 10.7. The van der Waals surface area contributed by atoms with Crippen molar-refractivity contribution in [1.29, 1.82) is 0 Å². The number of nitrogens with one attached hydrogen (secondary N) is 1. The van der Waals surface area contributed by atoms with Crippen LogP contribution < -0.4 is 5.32 Å². The van der Waals surface area contributed by atoms with E-state index in [-0.39, 0.29) is 10.6 Å². The summed E-state index contributed by atoms with van der Waals surface area (Å²) >= 11 is 1.40. The zero-order chi connectivity index (χ0) is 18.7. The van der Waals surface area contributed by atoms with Crippen molar-refractivity contribution in [3.63, 3.8) is 0 Å². The number of hydrogen-bond donors (Lipinski definition) is 1. The van der Waals surface area contributed by atoms with E-state index in [1.165, 1.54) is 22.1 Å². The van der Waals surface area contributed by atoms with Crippen LogP contribution in [0.4, 0.5) is 5.69 Å². The van der Waals surface area contributed by atoms with E-state index in [1.54, 1.807) is 12.1 Å². The fraction of sp³-hybridized carbons (Fsp3) is 0.333. The normalized spacial score (nSPS) is 15.8. The molecule has 2 aromatic rings. The first kappa shape index (κ1) is 19.0. The van der Waals surface area contributed by atoms with Gasteiger partial charge in [-0.1, -0.05) is 23.9 Å². The van der Waals surface area contributed by atoms with Crippen LogP contribution in [0.3, 0.4) is 0 Å². The molecule has 0 radical (unpaired) electrons. The van der Waals surface area contributed by atoms with Gasteiger partial charge in [-0.15, -0.1) is 4.91 Å². The number of hydrogen-bond acceptors (Lipinski definition) is 6. The number of nitroso groups, excluding NO2 is 1. The van der Waals surface area contributed by atoms with Crippen LogP contribution in [0.25, 0.3) is 0 Å². The fourth-order valence-electron chi connectivity index (χ4n) is 2.80. The van der Waals surface area contributed by atoms with Crippen LogP contribution >= 0.6 is 11.8 Å². The highest BCUT2D eigenvalue weighted by molar-refractivity contribution is 8.00. The maximum Gasteiger partial charge on any atom is 0.244 e. The van der Waals surface area contributed by atoms with Crippen molar-refractivity contribution in [2.75, 3.05) is 26.2 Å². The standard InChI is InChI=1S/C18H21N3O3S2/c1-13-3-4-14(2)17(11-13)25-16-6-5-15(20-22)12-18(16)26(23,24)21-9-7-19-8-10-21/h3-6,11-12,19H,7-10H2,1-2H3. The van der Waals surface area contributed by atoms with Crippen molar-refractivity contribution >= 4 is 27.5 Å². The molecular formula is C18H21N3O3S2. The third-order valence-electron chi connectivity index (χ3n) is 4.29. The van der Waals surface area contributed by atoms with E-state index in [0.29, 0.717) is 31.1 Å². The molecule has 0 bridgehead atoms. The van der Waals surface area contributed by atoms with E-state index in [9.17, 15) is 13.3 Å². The third-order valence-corrected chi connectivity index (χ3v) is 7.59. The molecule has 0 saturated carbocycles. The lowest BCUT2D eigenvalue weighted by Gasteiger charge is -2.27. The van der Waals surface area contributed by atoms with Crippen LogP contribution in [0.5, 0.6) is 0 Å². The molecule has 0 atom stereocenters. The lowest BCUT2D eigenvalue weighted by atomic mass is 10.2. The lowest BCUT2D eigenvalue weighted by Crippen LogP contribution is -2.46. The quantitative estimate of drug-likeness (QED) is 0.790. The second kappa shape index (κ2) is 7.87. The van der Waals surface area contributed by atoms with E-state index < -0.39 is 10.0 Å². The highest BCUT2D eigenvalue weighted by Crippen LogP contribution is 2.38. The van der Waals surface area contributed by atoms with Crippen molar-refractivity contribution in [3.05, 3.63) is 52.4 Å². The van der Waals surface area contributed by atoms with Crippen molar-refractivity contribution < 1.29 is 8.42 Å². The van der Waals surface area contributed by atoms with Gasteiger partial charge in [0.2, 0.25) is 10.0 Å². The molecule has 1 saturated heterocycles. The van der Waals surface area contributed by atoms with Crippen LogP contribution in [0.2, 0.25) is 0 Å².